The highest BCUT2D eigenvalue weighted by atomic mass is 32.2. The average Bonchev–Trinajstić information content (AvgIpc) is 2.26. The van der Waals surface area contributed by atoms with Gasteiger partial charge in [-0.05, 0) is 18.6 Å². The minimum Gasteiger partial charge on any atom is -0.398 e. The van der Waals surface area contributed by atoms with Crippen molar-refractivity contribution < 1.29 is 9.00 Å². The first-order valence-electron chi connectivity index (χ1n) is 5.14. The van der Waals surface area contributed by atoms with Gasteiger partial charge in [-0.15, -0.1) is 0 Å². The maximum absolute atomic E-state index is 11.8. The molecule has 5 heteroatoms. The van der Waals surface area contributed by atoms with Gasteiger partial charge < -0.3 is 11.1 Å². The molecule has 0 fully saturated rings. The maximum atomic E-state index is 11.8. The number of anilines is 1. The summed E-state index contributed by atoms with van der Waals surface area (Å²) in [4.78, 5) is 11.9. The van der Waals surface area contributed by atoms with Crippen LogP contribution in [0, 0.1) is 0 Å². The molecule has 0 saturated carbocycles. The van der Waals surface area contributed by atoms with Crippen LogP contribution in [0.4, 0.5) is 5.69 Å². The first-order valence-corrected chi connectivity index (χ1v) is 6.46. The zero-order valence-corrected chi connectivity index (χ0v) is 10.0. The monoisotopic (exact) mass is 240 g/mol. The van der Waals surface area contributed by atoms with E-state index >= 15 is 0 Å². The molecule has 0 saturated heterocycles. The summed E-state index contributed by atoms with van der Waals surface area (Å²) in [5.74, 6) is -0.239. The zero-order valence-electron chi connectivity index (χ0n) is 9.23. The topological polar surface area (TPSA) is 72.2 Å². The summed E-state index contributed by atoms with van der Waals surface area (Å²) in [7, 11) is -1.37. The lowest BCUT2D eigenvalue weighted by atomic mass is 10.3. The molecule has 1 amide bonds. The van der Waals surface area contributed by atoms with E-state index in [1.807, 2.05) is 6.92 Å². The van der Waals surface area contributed by atoms with Crippen LogP contribution in [0.3, 0.4) is 0 Å². The van der Waals surface area contributed by atoms with Crippen LogP contribution in [0.1, 0.15) is 13.3 Å². The predicted molar refractivity (Wildman–Crippen MR) is 65.4 cm³/mol. The molecule has 0 heterocycles. The van der Waals surface area contributed by atoms with Gasteiger partial charge in [-0.3, -0.25) is 9.00 Å². The summed E-state index contributed by atoms with van der Waals surface area (Å²) >= 11 is 0. The number of carbonyl (C=O) groups is 1. The number of carbonyl (C=O) groups excluding carboxylic acids is 1. The standard InChI is InChI=1S/C11H16N2O2S/c1-2-7-13-11(14)8-16(15)10-6-4-3-5-9(10)12/h3-6H,2,7-8,12H2,1H3,(H,13,14). The van der Waals surface area contributed by atoms with Crippen molar-refractivity contribution in [2.24, 2.45) is 0 Å². The van der Waals surface area contributed by atoms with Crippen LogP contribution in [-0.4, -0.2) is 22.4 Å². The van der Waals surface area contributed by atoms with Crippen molar-refractivity contribution in [3.05, 3.63) is 24.3 Å². The van der Waals surface area contributed by atoms with E-state index in [0.717, 1.165) is 6.42 Å². The molecule has 3 N–H and O–H groups in total. The van der Waals surface area contributed by atoms with E-state index < -0.39 is 10.8 Å². The predicted octanol–water partition coefficient (Wildman–Crippen LogP) is 0.903. The number of hydrogen-bond donors (Lipinski definition) is 2. The Balaban J connectivity index is 2.59. The van der Waals surface area contributed by atoms with E-state index in [1.54, 1.807) is 24.3 Å². The molecular formula is C11H16N2O2S. The number of rotatable bonds is 5. The summed E-state index contributed by atoms with van der Waals surface area (Å²) < 4.78 is 11.8. The molecule has 1 rings (SSSR count). The van der Waals surface area contributed by atoms with Crippen molar-refractivity contribution in [2.45, 2.75) is 18.2 Å². The summed E-state index contributed by atoms with van der Waals surface area (Å²) in [6, 6.07) is 6.89. The van der Waals surface area contributed by atoms with Crippen LogP contribution < -0.4 is 11.1 Å². The second kappa shape index (κ2) is 6.27. The summed E-state index contributed by atoms with van der Waals surface area (Å²) in [6.07, 6.45) is 0.867. The molecule has 88 valence electrons. The van der Waals surface area contributed by atoms with E-state index in [2.05, 4.69) is 5.32 Å². The Morgan fingerprint density at radius 1 is 1.44 bits per heavy atom. The fourth-order valence-electron chi connectivity index (χ4n) is 1.20. The zero-order chi connectivity index (χ0) is 12.0. The quantitative estimate of drug-likeness (QED) is 0.751. The van der Waals surface area contributed by atoms with Crippen molar-refractivity contribution >= 4 is 22.4 Å². The number of nitrogen functional groups attached to an aromatic ring is 1. The van der Waals surface area contributed by atoms with E-state index in [0.29, 0.717) is 17.1 Å². The van der Waals surface area contributed by atoms with Gasteiger partial charge in [0.2, 0.25) is 5.91 Å². The van der Waals surface area contributed by atoms with Gasteiger partial charge in [0, 0.05) is 12.2 Å². The van der Waals surface area contributed by atoms with Crippen LogP contribution in [0.15, 0.2) is 29.2 Å². The lowest BCUT2D eigenvalue weighted by molar-refractivity contribution is -0.118. The first kappa shape index (κ1) is 12.7. The normalized spacial score (nSPS) is 12.1. The summed E-state index contributed by atoms with van der Waals surface area (Å²) in [5, 5.41) is 2.68. The number of hydrogen-bond acceptors (Lipinski definition) is 3. The molecule has 16 heavy (non-hydrogen) atoms. The van der Waals surface area contributed by atoms with Crippen LogP contribution in [-0.2, 0) is 15.6 Å². The number of amides is 1. The Morgan fingerprint density at radius 3 is 2.75 bits per heavy atom. The Bertz CT molecular complexity index is 393. The summed E-state index contributed by atoms with van der Waals surface area (Å²) in [6.45, 7) is 2.58. The molecule has 1 aromatic rings. The highest BCUT2D eigenvalue weighted by molar-refractivity contribution is 7.86. The number of nitrogens with two attached hydrogens (primary N) is 1. The molecule has 0 aliphatic rings. The fourth-order valence-corrected chi connectivity index (χ4v) is 2.26. The lowest BCUT2D eigenvalue weighted by Crippen LogP contribution is -2.29. The van der Waals surface area contributed by atoms with Gasteiger partial charge in [0.05, 0.1) is 15.7 Å². The Hall–Kier alpha value is -1.36. The van der Waals surface area contributed by atoms with Crippen molar-refractivity contribution in [3.63, 3.8) is 0 Å². The third kappa shape index (κ3) is 3.66. The molecular weight excluding hydrogens is 224 g/mol. The molecule has 1 aromatic carbocycles. The van der Waals surface area contributed by atoms with Crippen LogP contribution in [0.5, 0.6) is 0 Å². The number of nitrogens with one attached hydrogen (secondary N) is 1. The van der Waals surface area contributed by atoms with Crippen molar-refractivity contribution in [1.82, 2.24) is 5.32 Å². The lowest BCUT2D eigenvalue weighted by Gasteiger charge is -2.05. The SMILES string of the molecule is CCCNC(=O)CS(=O)c1ccccc1N. The first-order chi connectivity index (χ1) is 7.65. The highest BCUT2D eigenvalue weighted by Crippen LogP contribution is 2.15. The molecule has 4 nitrogen and oxygen atoms in total. The van der Waals surface area contributed by atoms with Crippen LogP contribution >= 0.6 is 0 Å². The van der Waals surface area contributed by atoms with Gasteiger partial charge >= 0.3 is 0 Å². The van der Waals surface area contributed by atoms with Gasteiger partial charge in [-0.25, -0.2) is 0 Å². The number of benzene rings is 1. The van der Waals surface area contributed by atoms with E-state index in [4.69, 9.17) is 5.73 Å². The smallest absolute Gasteiger partial charge is 0.233 e. The molecule has 1 atom stereocenters. The Morgan fingerprint density at radius 2 is 2.12 bits per heavy atom. The van der Waals surface area contributed by atoms with Crippen molar-refractivity contribution in [1.29, 1.82) is 0 Å². The third-order valence-corrected chi connectivity index (χ3v) is 3.39. The second-order valence-corrected chi connectivity index (χ2v) is 4.80. The highest BCUT2D eigenvalue weighted by Gasteiger charge is 2.11. The number of para-hydroxylation sites is 1. The Kier molecular flexibility index (Phi) is 4.98. The van der Waals surface area contributed by atoms with Gasteiger partial charge in [-0.2, -0.15) is 0 Å². The maximum Gasteiger partial charge on any atom is 0.233 e. The molecule has 0 radical (unpaired) electrons. The molecule has 0 aliphatic heterocycles. The van der Waals surface area contributed by atoms with Gasteiger partial charge in [0.25, 0.3) is 0 Å². The molecule has 0 aliphatic carbocycles. The van der Waals surface area contributed by atoms with Gasteiger partial charge in [0.15, 0.2) is 0 Å². The van der Waals surface area contributed by atoms with Crippen molar-refractivity contribution in [3.8, 4) is 0 Å². The minimum absolute atomic E-state index is 0.0335. The molecule has 0 aromatic heterocycles. The van der Waals surface area contributed by atoms with E-state index in [1.165, 1.54) is 0 Å². The van der Waals surface area contributed by atoms with E-state index in [9.17, 15) is 9.00 Å². The summed E-state index contributed by atoms with van der Waals surface area (Å²) in [5.41, 5.74) is 6.13. The van der Waals surface area contributed by atoms with Crippen LogP contribution in [0.2, 0.25) is 0 Å². The molecule has 0 spiro atoms. The fraction of sp³-hybridized carbons (Fsp3) is 0.364. The molecule has 1 unspecified atom stereocenters. The average molecular weight is 240 g/mol. The van der Waals surface area contributed by atoms with Crippen LogP contribution in [0.25, 0.3) is 0 Å². The Labute approximate surface area is 97.7 Å². The minimum atomic E-state index is -1.37. The van der Waals surface area contributed by atoms with Gasteiger partial charge in [-0.1, -0.05) is 19.1 Å². The molecule has 0 bridgehead atoms. The third-order valence-electron chi connectivity index (χ3n) is 2.00. The van der Waals surface area contributed by atoms with Crippen molar-refractivity contribution in [2.75, 3.05) is 18.0 Å². The van der Waals surface area contributed by atoms with E-state index in [-0.39, 0.29) is 11.7 Å². The second-order valence-electron chi connectivity index (χ2n) is 3.38. The largest absolute Gasteiger partial charge is 0.398 e. The van der Waals surface area contributed by atoms with Gasteiger partial charge in [0.1, 0.15) is 5.75 Å².